The summed E-state index contributed by atoms with van der Waals surface area (Å²) in [5, 5.41) is 8.75. The molecule has 2 nitrogen and oxygen atoms in total. The first-order valence-electron chi connectivity index (χ1n) is 7.10. The van der Waals surface area contributed by atoms with Crippen LogP contribution in [0.1, 0.15) is 58.3 Å². The van der Waals surface area contributed by atoms with Crippen LogP contribution in [0.5, 0.6) is 0 Å². The molecular weight excluding hydrogens is 198 g/mol. The second-order valence-electron chi connectivity index (χ2n) is 5.29. The van der Waals surface area contributed by atoms with Crippen molar-refractivity contribution in [2.45, 2.75) is 64.3 Å². The van der Waals surface area contributed by atoms with E-state index in [1.165, 1.54) is 51.5 Å². The number of nitrogens with zero attached hydrogens (tertiary/aromatic N) is 1. The first-order chi connectivity index (χ1) is 7.79. The maximum absolute atomic E-state index is 8.75. The van der Waals surface area contributed by atoms with Crippen LogP contribution < -0.4 is 0 Å². The van der Waals surface area contributed by atoms with E-state index in [4.69, 9.17) is 5.11 Å². The number of hydrogen-bond acceptors (Lipinski definition) is 2. The van der Waals surface area contributed by atoms with Gasteiger partial charge in [0.25, 0.3) is 0 Å². The summed E-state index contributed by atoms with van der Waals surface area (Å²) in [5.41, 5.74) is 0. The maximum atomic E-state index is 8.75. The lowest BCUT2D eigenvalue weighted by molar-refractivity contribution is 0.124. The Labute approximate surface area is 101 Å². The Hall–Kier alpha value is -0.0800. The lowest BCUT2D eigenvalue weighted by atomic mass is 9.82. The predicted octanol–water partition coefficient (Wildman–Crippen LogP) is 3.05. The van der Waals surface area contributed by atoms with Crippen molar-refractivity contribution in [3.05, 3.63) is 0 Å². The molecule has 0 aromatic rings. The van der Waals surface area contributed by atoms with Gasteiger partial charge in [0.2, 0.25) is 0 Å². The van der Waals surface area contributed by atoms with Crippen LogP contribution >= 0.6 is 0 Å². The van der Waals surface area contributed by atoms with E-state index in [2.05, 4.69) is 18.9 Å². The molecule has 1 aliphatic rings. The van der Waals surface area contributed by atoms with E-state index in [1.54, 1.807) is 0 Å². The van der Waals surface area contributed by atoms with Crippen LogP contribution in [0.25, 0.3) is 0 Å². The van der Waals surface area contributed by atoms with Crippen molar-refractivity contribution in [3.8, 4) is 0 Å². The third-order valence-electron chi connectivity index (χ3n) is 4.13. The molecule has 0 amide bonds. The zero-order valence-electron chi connectivity index (χ0n) is 11.1. The standard InChI is InChI=1S/C14H29NO/c1-3-13-9-5-6-10-14(13)15(2)11-7-4-8-12-16/h13-14,16H,3-12H2,1-2H3. The molecule has 2 unspecified atom stereocenters. The van der Waals surface area contributed by atoms with Gasteiger partial charge in [-0.05, 0) is 51.6 Å². The molecule has 0 saturated heterocycles. The van der Waals surface area contributed by atoms with E-state index >= 15 is 0 Å². The van der Waals surface area contributed by atoms with Gasteiger partial charge in [-0.1, -0.05) is 26.2 Å². The molecule has 0 radical (unpaired) electrons. The van der Waals surface area contributed by atoms with Crippen LogP contribution in [0.15, 0.2) is 0 Å². The van der Waals surface area contributed by atoms with Gasteiger partial charge >= 0.3 is 0 Å². The molecule has 1 aliphatic carbocycles. The van der Waals surface area contributed by atoms with E-state index in [1.807, 2.05) is 0 Å². The molecule has 1 fully saturated rings. The number of aliphatic hydroxyl groups excluding tert-OH is 1. The Kier molecular flexibility index (Phi) is 7.06. The molecule has 0 aromatic heterocycles. The van der Waals surface area contributed by atoms with Crippen molar-refractivity contribution in [1.29, 1.82) is 0 Å². The molecule has 1 rings (SSSR count). The van der Waals surface area contributed by atoms with E-state index in [-0.39, 0.29) is 0 Å². The normalized spacial score (nSPS) is 26.2. The van der Waals surface area contributed by atoms with E-state index < -0.39 is 0 Å². The highest BCUT2D eigenvalue weighted by atomic mass is 16.2. The van der Waals surface area contributed by atoms with Crippen molar-refractivity contribution >= 4 is 0 Å². The minimum absolute atomic E-state index is 0.352. The Bertz CT molecular complexity index is 172. The van der Waals surface area contributed by atoms with Crippen LogP contribution in [-0.2, 0) is 0 Å². The highest BCUT2D eigenvalue weighted by Crippen LogP contribution is 2.30. The smallest absolute Gasteiger partial charge is 0.0431 e. The third kappa shape index (κ3) is 4.42. The summed E-state index contributed by atoms with van der Waals surface area (Å²) in [4.78, 5) is 2.57. The number of rotatable bonds is 7. The second kappa shape index (κ2) is 8.08. The fourth-order valence-electron chi connectivity index (χ4n) is 3.06. The van der Waals surface area contributed by atoms with E-state index in [0.29, 0.717) is 6.61 Å². The van der Waals surface area contributed by atoms with Crippen molar-refractivity contribution in [3.63, 3.8) is 0 Å². The molecule has 0 aliphatic heterocycles. The summed E-state index contributed by atoms with van der Waals surface area (Å²) in [6.07, 6.45) is 10.4. The predicted molar refractivity (Wildman–Crippen MR) is 69.6 cm³/mol. The summed E-state index contributed by atoms with van der Waals surface area (Å²) >= 11 is 0. The summed E-state index contributed by atoms with van der Waals surface area (Å²) in [5.74, 6) is 0.927. The summed E-state index contributed by atoms with van der Waals surface area (Å²) in [6.45, 7) is 3.90. The Morgan fingerprint density at radius 2 is 1.88 bits per heavy atom. The summed E-state index contributed by atoms with van der Waals surface area (Å²) in [6, 6.07) is 0.827. The Balaban J connectivity index is 2.24. The van der Waals surface area contributed by atoms with Crippen LogP contribution in [0.2, 0.25) is 0 Å². The third-order valence-corrected chi connectivity index (χ3v) is 4.13. The molecule has 96 valence electrons. The van der Waals surface area contributed by atoms with Gasteiger partial charge in [0, 0.05) is 12.6 Å². The van der Waals surface area contributed by atoms with Gasteiger partial charge in [-0.2, -0.15) is 0 Å². The van der Waals surface area contributed by atoms with Gasteiger partial charge in [-0.25, -0.2) is 0 Å². The van der Waals surface area contributed by atoms with Crippen LogP contribution in [0, 0.1) is 5.92 Å². The summed E-state index contributed by atoms with van der Waals surface area (Å²) in [7, 11) is 2.29. The summed E-state index contributed by atoms with van der Waals surface area (Å²) < 4.78 is 0. The second-order valence-corrected chi connectivity index (χ2v) is 5.29. The minimum atomic E-state index is 0.352. The Morgan fingerprint density at radius 1 is 1.12 bits per heavy atom. The number of unbranched alkanes of at least 4 members (excludes halogenated alkanes) is 2. The lowest BCUT2D eigenvalue weighted by Crippen LogP contribution is -2.40. The first kappa shape index (κ1) is 14.0. The van der Waals surface area contributed by atoms with Gasteiger partial charge in [0.05, 0.1) is 0 Å². The highest BCUT2D eigenvalue weighted by molar-refractivity contribution is 4.81. The lowest BCUT2D eigenvalue weighted by Gasteiger charge is -2.37. The van der Waals surface area contributed by atoms with Gasteiger partial charge in [-0.15, -0.1) is 0 Å². The number of aliphatic hydroxyl groups is 1. The monoisotopic (exact) mass is 227 g/mol. The van der Waals surface area contributed by atoms with Gasteiger partial charge < -0.3 is 10.0 Å². The topological polar surface area (TPSA) is 23.5 Å². The number of hydrogen-bond donors (Lipinski definition) is 1. The zero-order valence-corrected chi connectivity index (χ0v) is 11.1. The van der Waals surface area contributed by atoms with Gasteiger partial charge in [0.1, 0.15) is 0 Å². The largest absolute Gasteiger partial charge is 0.396 e. The van der Waals surface area contributed by atoms with Crippen molar-refractivity contribution < 1.29 is 5.11 Å². The highest BCUT2D eigenvalue weighted by Gasteiger charge is 2.26. The average Bonchev–Trinajstić information content (AvgIpc) is 2.34. The molecular formula is C14H29NO. The maximum Gasteiger partial charge on any atom is 0.0431 e. The first-order valence-corrected chi connectivity index (χ1v) is 7.10. The SMILES string of the molecule is CCC1CCCCC1N(C)CCCCCO. The molecule has 1 saturated carbocycles. The molecule has 16 heavy (non-hydrogen) atoms. The minimum Gasteiger partial charge on any atom is -0.396 e. The Morgan fingerprint density at radius 3 is 2.56 bits per heavy atom. The quantitative estimate of drug-likeness (QED) is 0.676. The fourth-order valence-corrected chi connectivity index (χ4v) is 3.06. The van der Waals surface area contributed by atoms with Crippen molar-refractivity contribution in [1.82, 2.24) is 4.90 Å². The molecule has 0 aromatic carbocycles. The van der Waals surface area contributed by atoms with E-state index in [9.17, 15) is 0 Å². The molecule has 1 N–H and O–H groups in total. The van der Waals surface area contributed by atoms with Crippen LogP contribution in [0.3, 0.4) is 0 Å². The molecule has 0 spiro atoms. The zero-order chi connectivity index (χ0) is 11.8. The van der Waals surface area contributed by atoms with Gasteiger partial charge in [-0.3, -0.25) is 0 Å². The van der Waals surface area contributed by atoms with Gasteiger partial charge in [0.15, 0.2) is 0 Å². The fraction of sp³-hybridized carbons (Fsp3) is 1.00. The average molecular weight is 227 g/mol. The van der Waals surface area contributed by atoms with Crippen LogP contribution in [0.4, 0.5) is 0 Å². The van der Waals surface area contributed by atoms with Crippen molar-refractivity contribution in [2.75, 3.05) is 20.2 Å². The molecule has 2 heteroatoms. The molecule has 0 heterocycles. The van der Waals surface area contributed by atoms with E-state index in [0.717, 1.165) is 18.4 Å². The molecule has 0 bridgehead atoms. The van der Waals surface area contributed by atoms with Crippen molar-refractivity contribution in [2.24, 2.45) is 5.92 Å². The molecule has 2 atom stereocenters. The van der Waals surface area contributed by atoms with Crippen LogP contribution in [-0.4, -0.2) is 36.2 Å².